The Morgan fingerprint density at radius 1 is 1.40 bits per heavy atom. The molecule has 0 spiro atoms. The summed E-state index contributed by atoms with van der Waals surface area (Å²) in [6.45, 7) is 1.82. The van der Waals surface area contributed by atoms with Crippen LogP contribution in [0.4, 0.5) is 0 Å². The predicted octanol–water partition coefficient (Wildman–Crippen LogP) is 1.47. The predicted molar refractivity (Wildman–Crippen MR) is 77.9 cm³/mol. The van der Waals surface area contributed by atoms with E-state index < -0.39 is 11.2 Å². The first-order valence-electron chi connectivity index (χ1n) is 5.93. The zero-order chi connectivity index (χ0) is 14.5. The van der Waals surface area contributed by atoms with Crippen LogP contribution >= 0.6 is 11.8 Å². The van der Waals surface area contributed by atoms with Crippen molar-refractivity contribution in [2.24, 2.45) is 10.2 Å². The number of hydrogen-bond acceptors (Lipinski definition) is 5. The van der Waals surface area contributed by atoms with E-state index in [-0.39, 0.29) is 12.3 Å². The van der Waals surface area contributed by atoms with Crippen LogP contribution in [-0.2, 0) is 9.59 Å². The topological polar surface area (TPSA) is 91.1 Å². The second kappa shape index (κ2) is 6.33. The zero-order valence-electron chi connectivity index (χ0n) is 10.7. The van der Waals surface area contributed by atoms with Crippen molar-refractivity contribution >= 4 is 34.5 Å². The van der Waals surface area contributed by atoms with Crippen molar-refractivity contribution in [3.05, 3.63) is 35.9 Å². The number of nitrogens with one attached hydrogen (secondary N) is 1. The number of carbonyl (C=O) groups excluding carboxylic acids is 1. The lowest BCUT2D eigenvalue weighted by Gasteiger charge is -1.98. The van der Waals surface area contributed by atoms with Gasteiger partial charge in [0, 0.05) is 0 Å². The number of benzene rings is 1. The van der Waals surface area contributed by atoms with Gasteiger partial charge in [0.25, 0.3) is 0 Å². The average Bonchev–Trinajstić information content (AvgIpc) is 2.77. The highest BCUT2D eigenvalue weighted by atomic mass is 32.2. The molecule has 0 bridgehead atoms. The Hall–Kier alpha value is -2.15. The molecule has 1 fully saturated rings. The minimum atomic E-state index is -1.01. The molecule has 2 rings (SSSR count). The second-order valence-electron chi connectivity index (χ2n) is 4.15. The monoisotopic (exact) mass is 291 g/mol. The summed E-state index contributed by atoms with van der Waals surface area (Å²) >= 11 is 1.09. The van der Waals surface area contributed by atoms with E-state index in [1.807, 2.05) is 37.3 Å². The molecule has 1 aliphatic heterocycles. The number of nitrogens with zero attached hydrogens (tertiary/aromatic N) is 2. The third kappa shape index (κ3) is 3.67. The number of carboxylic acid groups (broad SMARTS) is 1. The van der Waals surface area contributed by atoms with E-state index in [1.54, 1.807) is 0 Å². The molecular formula is C13H13N3O3S. The first-order chi connectivity index (χ1) is 9.56. The van der Waals surface area contributed by atoms with Crippen LogP contribution in [0.1, 0.15) is 18.9 Å². The number of hydrogen-bond donors (Lipinski definition) is 2. The first-order valence-corrected chi connectivity index (χ1v) is 6.81. The van der Waals surface area contributed by atoms with Gasteiger partial charge in [-0.15, -0.1) is 5.10 Å². The van der Waals surface area contributed by atoms with E-state index in [4.69, 9.17) is 5.11 Å². The molecular weight excluding hydrogens is 278 g/mol. The Kier molecular flexibility index (Phi) is 4.52. The van der Waals surface area contributed by atoms with Crippen LogP contribution in [0.5, 0.6) is 0 Å². The molecule has 1 aromatic rings. The maximum absolute atomic E-state index is 11.5. The normalized spacial score (nSPS) is 21.1. The van der Waals surface area contributed by atoms with Gasteiger partial charge in [-0.05, 0) is 12.5 Å². The summed E-state index contributed by atoms with van der Waals surface area (Å²) in [5, 5.41) is 18.9. The zero-order valence-corrected chi connectivity index (χ0v) is 11.6. The van der Waals surface area contributed by atoms with Crippen molar-refractivity contribution in [2.45, 2.75) is 18.6 Å². The molecule has 1 aliphatic rings. The molecule has 104 valence electrons. The molecule has 1 aromatic carbocycles. The fourth-order valence-electron chi connectivity index (χ4n) is 1.60. The largest absolute Gasteiger partial charge is 0.481 e. The molecule has 1 heterocycles. The third-order valence-corrected chi connectivity index (χ3v) is 3.69. The summed E-state index contributed by atoms with van der Waals surface area (Å²) in [6, 6.07) is 9.53. The molecule has 7 heteroatoms. The van der Waals surface area contributed by atoms with Gasteiger partial charge in [-0.3, -0.25) is 9.59 Å². The number of amides is 1. The van der Waals surface area contributed by atoms with Crippen molar-refractivity contribution in [1.29, 1.82) is 0 Å². The lowest BCUT2D eigenvalue weighted by molar-refractivity contribution is -0.138. The molecule has 1 atom stereocenters. The number of thioether (sulfide) groups is 1. The van der Waals surface area contributed by atoms with Gasteiger partial charge < -0.3 is 10.4 Å². The van der Waals surface area contributed by atoms with Gasteiger partial charge >= 0.3 is 5.97 Å². The van der Waals surface area contributed by atoms with Crippen LogP contribution in [0.2, 0.25) is 0 Å². The average molecular weight is 291 g/mol. The van der Waals surface area contributed by atoms with E-state index in [2.05, 4.69) is 15.5 Å². The van der Waals surface area contributed by atoms with E-state index >= 15 is 0 Å². The summed E-state index contributed by atoms with van der Waals surface area (Å²) in [5.74, 6) is -1.36. The third-order valence-electron chi connectivity index (χ3n) is 2.62. The summed E-state index contributed by atoms with van der Waals surface area (Å²) in [7, 11) is 0. The minimum Gasteiger partial charge on any atom is -0.481 e. The number of rotatable bonds is 4. The number of aliphatic carboxylic acids is 1. The van der Waals surface area contributed by atoms with Crippen LogP contribution in [0.15, 0.2) is 40.5 Å². The van der Waals surface area contributed by atoms with Gasteiger partial charge in [-0.25, -0.2) is 0 Å². The van der Waals surface area contributed by atoms with Gasteiger partial charge in [0.1, 0.15) is 5.25 Å². The Morgan fingerprint density at radius 3 is 2.75 bits per heavy atom. The van der Waals surface area contributed by atoms with E-state index in [0.717, 1.165) is 23.0 Å². The van der Waals surface area contributed by atoms with Crippen LogP contribution in [0.25, 0.3) is 0 Å². The molecule has 6 nitrogen and oxygen atoms in total. The van der Waals surface area contributed by atoms with Gasteiger partial charge in [0.05, 0.1) is 12.1 Å². The fourth-order valence-corrected chi connectivity index (χ4v) is 2.51. The molecule has 0 unspecified atom stereocenters. The van der Waals surface area contributed by atoms with Crippen LogP contribution in [0.3, 0.4) is 0 Å². The lowest BCUT2D eigenvalue weighted by Crippen LogP contribution is -2.26. The molecule has 1 amide bonds. The van der Waals surface area contributed by atoms with E-state index in [0.29, 0.717) is 5.17 Å². The number of amidine groups is 1. The van der Waals surface area contributed by atoms with Gasteiger partial charge in [-0.1, -0.05) is 42.1 Å². The molecule has 0 radical (unpaired) electrons. The Balaban J connectivity index is 2.06. The standard InChI is InChI=1S/C13H13N3O3S/c1-8(9-5-3-2-4-6-9)15-16-13-14-12(19)10(20-13)7-11(17)18/h2-6,10H,7H2,1H3,(H,17,18)(H,14,16,19)/b15-8-/t10-/m0/s1. The molecule has 20 heavy (non-hydrogen) atoms. The Labute approximate surface area is 120 Å². The van der Waals surface area contributed by atoms with Crippen molar-refractivity contribution in [1.82, 2.24) is 5.32 Å². The molecule has 0 aliphatic carbocycles. The molecule has 1 saturated heterocycles. The Morgan fingerprint density at radius 2 is 2.10 bits per heavy atom. The molecule has 2 N–H and O–H groups in total. The highest BCUT2D eigenvalue weighted by Gasteiger charge is 2.32. The highest BCUT2D eigenvalue weighted by Crippen LogP contribution is 2.22. The highest BCUT2D eigenvalue weighted by molar-refractivity contribution is 8.15. The summed E-state index contributed by atoms with van der Waals surface area (Å²) in [5.41, 5.74) is 1.66. The van der Waals surface area contributed by atoms with Gasteiger partial charge in [-0.2, -0.15) is 5.10 Å². The van der Waals surface area contributed by atoms with Crippen LogP contribution < -0.4 is 5.32 Å². The van der Waals surface area contributed by atoms with E-state index in [9.17, 15) is 9.59 Å². The maximum atomic E-state index is 11.5. The smallest absolute Gasteiger partial charge is 0.305 e. The summed E-state index contributed by atoms with van der Waals surface area (Å²) in [6.07, 6.45) is -0.225. The molecule has 0 aromatic heterocycles. The minimum absolute atomic E-state index is 0.225. The SMILES string of the molecule is C/C(=N/N=C1/NC(=O)[C@H](CC(=O)O)S1)c1ccccc1. The molecule has 0 saturated carbocycles. The van der Waals surface area contributed by atoms with Gasteiger partial charge in [0.2, 0.25) is 5.91 Å². The van der Waals surface area contributed by atoms with Crippen molar-refractivity contribution in [2.75, 3.05) is 0 Å². The van der Waals surface area contributed by atoms with Crippen molar-refractivity contribution < 1.29 is 14.7 Å². The quantitative estimate of drug-likeness (QED) is 0.649. The Bertz CT molecular complexity index is 584. The fraction of sp³-hybridized carbons (Fsp3) is 0.231. The summed E-state index contributed by atoms with van der Waals surface area (Å²) in [4.78, 5) is 22.1. The van der Waals surface area contributed by atoms with Crippen molar-refractivity contribution in [3.63, 3.8) is 0 Å². The first kappa shape index (κ1) is 14.3. The van der Waals surface area contributed by atoms with Crippen LogP contribution in [0, 0.1) is 0 Å². The second-order valence-corrected chi connectivity index (χ2v) is 5.34. The van der Waals surface area contributed by atoms with Crippen LogP contribution in [-0.4, -0.2) is 33.1 Å². The van der Waals surface area contributed by atoms with Crippen molar-refractivity contribution in [3.8, 4) is 0 Å². The maximum Gasteiger partial charge on any atom is 0.305 e. The number of carboxylic acids is 1. The summed E-state index contributed by atoms with van der Waals surface area (Å²) < 4.78 is 0. The number of carbonyl (C=O) groups is 2. The lowest BCUT2D eigenvalue weighted by atomic mass is 10.1. The van der Waals surface area contributed by atoms with E-state index in [1.165, 1.54) is 0 Å². The van der Waals surface area contributed by atoms with Gasteiger partial charge in [0.15, 0.2) is 5.17 Å².